The number of nitrogens with zero attached hydrogens (tertiary/aromatic N) is 1. The predicted octanol–water partition coefficient (Wildman–Crippen LogP) is 2.91. The fraction of sp³-hybridized carbons (Fsp3) is 0.375. The number of aromatic nitrogens is 2. The Kier molecular flexibility index (Phi) is 7.56. The zero-order valence-electron chi connectivity index (χ0n) is 20.5. The van der Waals surface area contributed by atoms with Crippen LogP contribution in [0.15, 0.2) is 45.3 Å². The van der Waals surface area contributed by atoms with Crippen molar-refractivity contribution in [3.8, 4) is 11.5 Å². The molecule has 0 fully saturated rings. The number of ether oxygens (including phenoxy) is 2. The summed E-state index contributed by atoms with van der Waals surface area (Å²) in [5.74, 6) is -0.719. The zero-order chi connectivity index (χ0) is 28.6. The van der Waals surface area contributed by atoms with Crippen molar-refractivity contribution in [3.63, 3.8) is 0 Å². The van der Waals surface area contributed by atoms with E-state index in [9.17, 15) is 35.9 Å². The molecule has 0 saturated carbocycles. The zero-order valence-corrected chi connectivity index (χ0v) is 21.4. The number of rotatable bonds is 8. The Morgan fingerprint density at radius 1 is 1.00 bits per heavy atom. The highest BCUT2D eigenvalue weighted by Crippen LogP contribution is 2.48. The van der Waals surface area contributed by atoms with Gasteiger partial charge in [-0.3, -0.25) is 14.3 Å². The molecule has 0 aliphatic carbocycles. The molecule has 2 aromatic heterocycles. The Morgan fingerprint density at radius 2 is 1.67 bits per heavy atom. The van der Waals surface area contributed by atoms with E-state index in [4.69, 9.17) is 9.47 Å². The van der Waals surface area contributed by atoms with Gasteiger partial charge in [0.15, 0.2) is 11.5 Å². The molecule has 1 aliphatic rings. The predicted molar refractivity (Wildman–Crippen MR) is 131 cm³/mol. The number of hydrogen-bond donors (Lipinski definition) is 3. The largest absolute Gasteiger partial charge is 0.490 e. The first-order chi connectivity index (χ1) is 18.3. The van der Waals surface area contributed by atoms with E-state index in [1.807, 2.05) is 0 Å². The molecule has 3 heterocycles. The number of alkyl halides is 6. The number of halogens is 6. The second kappa shape index (κ2) is 10.4. The third-order valence-corrected chi connectivity index (χ3v) is 6.87. The van der Waals surface area contributed by atoms with Gasteiger partial charge in [-0.1, -0.05) is 12.1 Å². The number of thiophene rings is 1. The molecule has 3 aromatic rings. The highest BCUT2D eigenvalue weighted by molar-refractivity contribution is 7.12. The number of anilines is 1. The maximum Gasteiger partial charge on any atom is 0.446 e. The molecule has 15 heteroatoms. The highest BCUT2D eigenvalue weighted by Gasteiger charge is 2.78. The van der Waals surface area contributed by atoms with Crippen LogP contribution in [0.3, 0.4) is 0 Å². The minimum atomic E-state index is -6.01. The Hall–Kier alpha value is -3.75. The average molecular weight is 578 g/mol. The third kappa shape index (κ3) is 5.02. The smallest absolute Gasteiger partial charge is 0.446 e. The summed E-state index contributed by atoms with van der Waals surface area (Å²) < 4.78 is 98.0. The number of aromatic amines is 1. The van der Waals surface area contributed by atoms with Crippen molar-refractivity contribution < 1.29 is 40.8 Å². The molecule has 1 aliphatic heterocycles. The number of nitrogens with one attached hydrogen (secondary N) is 3. The molecule has 210 valence electrons. The van der Waals surface area contributed by atoms with Crippen LogP contribution in [0.4, 0.5) is 32.2 Å². The fourth-order valence-corrected chi connectivity index (χ4v) is 4.96. The Labute approximate surface area is 220 Å². The fourth-order valence-electron chi connectivity index (χ4n) is 4.28. The van der Waals surface area contributed by atoms with Gasteiger partial charge in [0, 0.05) is 6.54 Å². The molecule has 3 N–H and O–H groups in total. The number of amidine groups is 1. The highest BCUT2D eigenvalue weighted by atomic mass is 32.1. The minimum Gasteiger partial charge on any atom is -0.490 e. The van der Waals surface area contributed by atoms with Gasteiger partial charge in [-0.25, -0.2) is 15.1 Å². The van der Waals surface area contributed by atoms with Crippen molar-refractivity contribution in [1.29, 1.82) is 0 Å². The van der Waals surface area contributed by atoms with Crippen molar-refractivity contribution in [2.45, 2.75) is 44.7 Å². The molecule has 0 bridgehead atoms. The standard InChI is InChI=1S/C24H22F6N4O4S/c1-3-37-14-8-7-13(12-15(14)38-4-2)9-10-34-19-17(20(35)32-21(34)36)22(23(25,26)27,24(28,29)30)33-18(31-19)16-6-5-11-39-16/h5-8,11-12H,3-4,9-10H2,1-2H3,(H,31,33)(H,32,35,36)/p+1. The van der Waals surface area contributed by atoms with Crippen LogP contribution in [-0.4, -0.2) is 41.0 Å². The van der Waals surface area contributed by atoms with Gasteiger partial charge >= 0.3 is 23.6 Å². The molecule has 0 atom stereocenters. The lowest BCUT2D eigenvalue weighted by atomic mass is 9.88. The topological polar surface area (TPSA) is 99.3 Å². The molecule has 8 nitrogen and oxygen atoms in total. The van der Waals surface area contributed by atoms with Gasteiger partial charge in [0.1, 0.15) is 10.4 Å². The first-order valence-electron chi connectivity index (χ1n) is 11.7. The van der Waals surface area contributed by atoms with Gasteiger partial charge < -0.3 is 9.47 Å². The van der Waals surface area contributed by atoms with E-state index in [0.29, 0.717) is 34.8 Å². The first-order valence-corrected chi connectivity index (χ1v) is 12.6. The normalized spacial score (nSPS) is 14.8. The molecule has 4 rings (SSSR count). The third-order valence-electron chi connectivity index (χ3n) is 5.98. The quantitative estimate of drug-likeness (QED) is 0.358. The molecular formula is C24H23F6N4O4S+. The second-order valence-corrected chi connectivity index (χ2v) is 9.33. The summed E-state index contributed by atoms with van der Waals surface area (Å²) in [6, 6.07) is 7.57. The van der Waals surface area contributed by atoms with E-state index in [1.165, 1.54) is 22.5 Å². The van der Waals surface area contributed by atoms with Crippen LogP contribution < -0.4 is 31.0 Å². The Balaban J connectivity index is 1.88. The molecule has 0 unspecified atom stereocenters. The summed E-state index contributed by atoms with van der Waals surface area (Å²) in [5.41, 5.74) is -8.92. The van der Waals surface area contributed by atoms with Crippen molar-refractivity contribution in [2.24, 2.45) is 0 Å². The van der Waals surface area contributed by atoms with Gasteiger partial charge in [-0.2, -0.15) is 26.3 Å². The number of hydrogen-bond acceptors (Lipinski definition) is 6. The Morgan fingerprint density at radius 3 is 2.26 bits per heavy atom. The molecule has 39 heavy (non-hydrogen) atoms. The number of fused-ring (bicyclic) bond motifs is 1. The number of benzene rings is 1. The van der Waals surface area contributed by atoms with Gasteiger partial charge in [0.05, 0.1) is 13.2 Å². The molecule has 1 aromatic carbocycles. The maximum absolute atomic E-state index is 14.4. The number of aryl methyl sites for hydroxylation is 1. The lowest BCUT2D eigenvalue weighted by Gasteiger charge is -2.35. The van der Waals surface area contributed by atoms with E-state index >= 15 is 0 Å². The summed E-state index contributed by atoms with van der Waals surface area (Å²) in [5, 5.41) is 3.91. The summed E-state index contributed by atoms with van der Waals surface area (Å²) in [7, 11) is 0. The van der Waals surface area contributed by atoms with E-state index in [0.717, 1.165) is 11.3 Å². The Bertz CT molecular complexity index is 1480. The lowest BCUT2D eigenvalue weighted by molar-refractivity contribution is -0.658. The molecule has 0 saturated heterocycles. The van der Waals surface area contributed by atoms with Crippen LogP contribution in [0, 0.1) is 0 Å². The lowest BCUT2D eigenvalue weighted by Crippen LogP contribution is -2.97. The maximum atomic E-state index is 14.4. The average Bonchev–Trinajstić information content (AvgIpc) is 3.38. The SMILES string of the molecule is CCOc1ccc(CCn2c3c(c(=O)[nH]c2=O)C(C(F)(F)F)(C(F)(F)F)[NH+]=C(c2cccs2)N3)cc1OCC. The van der Waals surface area contributed by atoms with Gasteiger partial charge in [0.2, 0.25) is 5.82 Å². The van der Waals surface area contributed by atoms with Crippen LogP contribution in [0.1, 0.15) is 29.9 Å². The molecule has 0 spiro atoms. The molecule has 0 amide bonds. The summed E-state index contributed by atoms with van der Waals surface area (Å²) in [4.78, 5) is 28.6. The number of H-pyrrole nitrogens is 1. The molecular weight excluding hydrogens is 554 g/mol. The monoisotopic (exact) mass is 577 g/mol. The minimum absolute atomic E-state index is 0.000645. The summed E-state index contributed by atoms with van der Waals surface area (Å²) in [6.07, 6.45) is -12.0. The van der Waals surface area contributed by atoms with Crippen molar-refractivity contribution in [2.75, 3.05) is 18.5 Å². The molecule has 0 radical (unpaired) electrons. The van der Waals surface area contributed by atoms with Crippen LogP contribution in [0.2, 0.25) is 0 Å². The van der Waals surface area contributed by atoms with Crippen LogP contribution in [0.5, 0.6) is 11.5 Å². The summed E-state index contributed by atoms with van der Waals surface area (Å²) in [6.45, 7) is 3.84. The van der Waals surface area contributed by atoms with E-state index < -0.39 is 46.4 Å². The van der Waals surface area contributed by atoms with Crippen LogP contribution >= 0.6 is 11.3 Å². The second-order valence-electron chi connectivity index (χ2n) is 8.38. The van der Waals surface area contributed by atoms with Crippen LogP contribution in [0.25, 0.3) is 0 Å². The van der Waals surface area contributed by atoms with E-state index in [1.54, 1.807) is 37.0 Å². The van der Waals surface area contributed by atoms with Crippen molar-refractivity contribution in [3.05, 3.63) is 72.6 Å². The van der Waals surface area contributed by atoms with Gasteiger partial charge in [-0.15, -0.1) is 11.3 Å². The van der Waals surface area contributed by atoms with Gasteiger partial charge in [-0.05, 0) is 49.4 Å². The van der Waals surface area contributed by atoms with E-state index in [-0.39, 0.29) is 17.8 Å². The van der Waals surface area contributed by atoms with Crippen molar-refractivity contribution >= 4 is 23.0 Å². The van der Waals surface area contributed by atoms with Gasteiger partial charge in [0.25, 0.3) is 11.4 Å². The van der Waals surface area contributed by atoms with Crippen LogP contribution in [-0.2, 0) is 18.5 Å². The van der Waals surface area contributed by atoms with E-state index in [2.05, 4.69) is 5.32 Å². The van der Waals surface area contributed by atoms with Crippen molar-refractivity contribution in [1.82, 2.24) is 9.55 Å². The summed E-state index contributed by atoms with van der Waals surface area (Å²) >= 11 is 0.866. The first kappa shape index (κ1) is 28.3.